The Bertz CT molecular complexity index is 593. The minimum atomic E-state index is -0.612. The van der Waals surface area contributed by atoms with Gasteiger partial charge < -0.3 is 25.5 Å². The number of methoxy groups -OCH3 is 2. The highest BCUT2D eigenvalue weighted by Crippen LogP contribution is 2.18. The van der Waals surface area contributed by atoms with Gasteiger partial charge in [0.15, 0.2) is 6.29 Å². The zero-order valence-electron chi connectivity index (χ0n) is 12.3. The first kappa shape index (κ1) is 15.5. The number of carbonyl (C=O) groups is 1. The van der Waals surface area contributed by atoms with Crippen molar-refractivity contribution in [2.75, 3.05) is 20.8 Å². The van der Waals surface area contributed by atoms with Crippen LogP contribution in [0.25, 0.3) is 10.9 Å². The van der Waals surface area contributed by atoms with Crippen LogP contribution in [0.15, 0.2) is 30.5 Å². The number of fused-ring (bicyclic) bond motifs is 1. The van der Waals surface area contributed by atoms with E-state index in [-0.39, 0.29) is 12.5 Å². The van der Waals surface area contributed by atoms with Crippen molar-refractivity contribution in [1.82, 2.24) is 10.3 Å². The number of nitrogens with two attached hydrogens (primary N) is 1. The predicted molar refractivity (Wildman–Crippen MR) is 80.8 cm³/mol. The molecule has 0 saturated carbocycles. The molecule has 6 nitrogen and oxygen atoms in total. The SMILES string of the molecule is COC(CNC(=O)[C@@H](N)Cc1c[nH]c2ccccc12)OC. The minimum Gasteiger partial charge on any atom is -0.361 e. The fourth-order valence-corrected chi connectivity index (χ4v) is 2.21. The molecule has 4 N–H and O–H groups in total. The number of nitrogens with one attached hydrogen (secondary N) is 2. The van der Waals surface area contributed by atoms with Crippen molar-refractivity contribution >= 4 is 16.8 Å². The lowest BCUT2D eigenvalue weighted by atomic mass is 10.1. The predicted octanol–water partition coefficient (Wildman–Crippen LogP) is 0.773. The Kier molecular flexibility index (Phi) is 5.32. The Hall–Kier alpha value is -1.89. The summed E-state index contributed by atoms with van der Waals surface area (Å²) in [6.07, 6.45) is 1.90. The summed E-state index contributed by atoms with van der Waals surface area (Å²) in [5, 5.41) is 3.81. The second-order valence-electron chi connectivity index (χ2n) is 4.82. The average Bonchev–Trinajstić information content (AvgIpc) is 2.91. The number of ether oxygens (including phenoxy) is 2. The third kappa shape index (κ3) is 3.81. The van der Waals surface area contributed by atoms with Crippen molar-refractivity contribution in [2.45, 2.75) is 18.8 Å². The molecule has 0 bridgehead atoms. The van der Waals surface area contributed by atoms with Crippen LogP contribution < -0.4 is 11.1 Å². The van der Waals surface area contributed by atoms with Gasteiger partial charge in [-0.25, -0.2) is 0 Å². The van der Waals surface area contributed by atoms with Crippen LogP contribution in [0.4, 0.5) is 0 Å². The Morgan fingerprint density at radius 2 is 2.05 bits per heavy atom. The highest BCUT2D eigenvalue weighted by molar-refractivity contribution is 5.86. The lowest BCUT2D eigenvalue weighted by Crippen LogP contribution is -2.45. The van der Waals surface area contributed by atoms with Crippen LogP contribution in [0, 0.1) is 0 Å². The van der Waals surface area contributed by atoms with Gasteiger partial charge in [0.1, 0.15) is 0 Å². The molecule has 2 aromatic rings. The van der Waals surface area contributed by atoms with Crippen molar-refractivity contribution in [1.29, 1.82) is 0 Å². The van der Waals surface area contributed by atoms with E-state index in [1.807, 2.05) is 30.5 Å². The van der Waals surface area contributed by atoms with Crippen molar-refractivity contribution < 1.29 is 14.3 Å². The molecule has 2 rings (SSSR count). The lowest BCUT2D eigenvalue weighted by molar-refractivity contribution is -0.128. The molecule has 114 valence electrons. The largest absolute Gasteiger partial charge is 0.361 e. The Labute approximate surface area is 123 Å². The third-order valence-electron chi connectivity index (χ3n) is 3.42. The number of hydrogen-bond acceptors (Lipinski definition) is 4. The molecule has 0 spiro atoms. The lowest BCUT2D eigenvalue weighted by Gasteiger charge is -2.16. The summed E-state index contributed by atoms with van der Waals surface area (Å²) in [4.78, 5) is 15.2. The molecule has 0 saturated heterocycles. The Balaban J connectivity index is 1.94. The van der Waals surface area contributed by atoms with E-state index in [0.717, 1.165) is 16.5 Å². The van der Waals surface area contributed by atoms with E-state index in [9.17, 15) is 4.79 Å². The van der Waals surface area contributed by atoms with Crippen molar-refractivity contribution in [2.24, 2.45) is 5.73 Å². The van der Waals surface area contributed by atoms with Gasteiger partial charge in [0.25, 0.3) is 0 Å². The van der Waals surface area contributed by atoms with Gasteiger partial charge in [-0.05, 0) is 18.1 Å². The number of H-pyrrole nitrogens is 1. The van der Waals surface area contributed by atoms with Crippen molar-refractivity contribution in [3.63, 3.8) is 0 Å². The fourth-order valence-electron chi connectivity index (χ4n) is 2.21. The van der Waals surface area contributed by atoms with Gasteiger partial charge in [0.2, 0.25) is 5.91 Å². The zero-order valence-corrected chi connectivity index (χ0v) is 12.3. The van der Waals surface area contributed by atoms with E-state index in [2.05, 4.69) is 10.3 Å². The summed E-state index contributed by atoms with van der Waals surface area (Å²) in [5.74, 6) is -0.223. The quantitative estimate of drug-likeness (QED) is 0.657. The molecule has 0 aliphatic rings. The molecular weight excluding hydrogens is 270 g/mol. The van der Waals surface area contributed by atoms with E-state index in [4.69, 9.17) is 15.2 Å². The van der Waals surface area contributed by atoms with Gasteiger partial charge in [0, 0.05) is 31.3 Å². The smallest absolute Gasteiger partial charge is 0.237 e. The van der Waals surface area contributed by atoms with Gasteiger partial charge in [-0.3, -0.25) is 4.79 Å². The standard InChI is InChI=1S/C15H21N3O3/c1-20-14(21-2)9-18-15(19)12(16)7-10-8-17-13-6-4-3-5-11(10)13/h3-6,8,12,14,17H,7,9,16H2,1-2H3,(H,18,19)/t12-/m0/s1. The molecule has 0 aliphatic carbocycles. The Morgan fingerprint density at radius 1 is 1.33 bits per heavy atom. The van der Waals surface area contributed by atoms with Gasteiger partial charge in [-0.15, -0.1) is 0 Å². The summed E-state index contributed by atoms with van der Waals surface area (Å²) in [7, 11) is 3.04. The third-order valence-corrected chi connectivity index (χ3v) is 3.42. The normalized spacial score (nSPS) is 12.8. The van der Waals surface area contributed by atoms with Crippen molar-refractivity contribution in [3.05, 3.63) is 36.0 Å². The monoisotopic (exact) mass is 291 g/mol. The summed E-state index contributed by atoms with van der Waals surface area (Å²) < 4.78 is 10.0. The van der Waals surface area contributed by atoms with Gasteiger partial charge in [-0.2, -0.15) is 0 Å². The van der Waals surface area contributed by atoms with Crippen molar-refractivity contribution in [3.8, 4) is 0 Å². The average molecular weight is 291 g/mol. The molecular formula is C15H21N3O3. The molecule has 0 radical (unpaired) electrons. The number of hydrogen-bond donors (Lipinski definition) is 3. The number of benzene rings is 1. The van der Waals surface area contributed by atoms with E-state index >= 15 is 0 Å². The minimum absolute atomic E-state index is 0.223. The summed E-state index contributed by atoms with van der Waals surface area (Å²) in [5.41, 5.74) is 8.03. The molecule has 6 heteroatoms. The Morgan fingerprint density at radius 3 is 2.76 bits per heavy atom. The van der Waals surface area contributed by atoms with Crippen LogP contribution in [-0.4, -0.2) is 44.0 Å². The number of rotatable bonds is 7. The number of para-hydroxylation sites is 1. The highest BCUT2D eigenvalue weighted by atomic mass is 16.7. The van der Waals surface area contributed by atoms with Crippen LogP contribution in [0.3, 0.4) is 0 Å². The number of carbonyl (C=O) groups excluding carboxylic acids is 1. The number of aromatic amines is 1. The molecule has 21 heavy (non-hydrogen) atoms. The number of amides is 1. The number of aromatic nitrogens is 1. The molecule has 1 amide bonds. The molecule has 1 heterocycles. The zero-order chi connectivity index (χ0) is 15.2. The summed E-state index contributed by atoms with van der Waals surface area (Å²) >= 11 is 0. The molecule has 0 unspecified atom stereocenters. The van der Waals surface area contributed by atoms with Gasteiger partial charge >= 0.3 is 0 Å². The van der Waals surface area contributed by atoms with E-state index < -0.39 is 12.3 Å². The van der Waals surface area contributed by atoms with Crippen LogP contribution in [0.2, 0.25) is 0 Å². The molecule has 0 aliphatic heterocycles. The maximum absolute atomic E-state index is 12.0. The van der Waals surface area contributed by atoms with E-state index in [0.29, 0.717) is 6.42 Å². The molecule has 0 fully saturated rings. The van der Waals surface area contributed by atoms with E-state index in [1.165, 1.54) is 14.2 Å². The maximum atomic E-state index is 12.0. The first-order valence-electron chi connectivity index (χ1n) is 6.79. The van der Waals surface area contributed by atoms with Crippen LogP contribution in [0.5, 0.6) is 0 Å². The highest BCUT2D eigenvalue weighted by Gasteiger charge is 2.17. The first-order chi connectivity index (χ1) is 10.2. The fraction of sp³-hybridized carbons (Fsp3) is 0.400. The van der Waals surface area contributed by atoms with Gasteiger partial charge in [-0.1, -0.05) is 18.2 Å². The summed E-state index contributed by atoms with van der Waals surface area (Å²) in [6.45, 7) is 0.271. The first-order valence-corrected chi connectivity index (χ1v) is 6.79. The van der Waals surface area contributed by atoms with E-state index in [1.54, 1.807) is 0 Å². The summed E-state index contributed by atoms with van der Waals surface area (Å²) in [6, 6.07) is 7.32. The molecule has 1 aromatic heterocycles. The van der Waals surface area contributed by atoms with Crippen LogP contribution in [-0.2, 0) is 20.7 Å². The van der Waals surface area contributed by atoms with Crippen LogP contribution >= 0.6 is 0 Å². The van der Waals surface area contributed by atoms with Crippen LogP contribution in [0.1, 0.15) is 5.56 Å². The second-order valence-corrected chi connectivity index (χ2v) is 4.82. The maximum Gasteiger partial charge on any atom is 0.237 e. The van der Waals surface area contributed by atoms with Gasteiger partial charge in [0.05, 0.1) is 12.6 Å². The second kappa shape index (κ2) is 7.21. The molecule has 1 atom stereocenters. The topological polar surface area (TPSA) is 89.4 Å². The molecule has 1 aromatic carbocycles.